The number of nitrogens with one attached hydrogen (secondary N) is 1. The number of carbonyl (C=O) groups excluding carboxylic acids is 3. The molecule has 38 heavy (non-hydrogen) atoms. The number of allylic oxidation sites excluding steroid dienone is 2. The van der Waals surface area contributed by atoms with Gasteiger partial charge in [0.2, 0.25) is 5.91 Å². The maximum atomic E-state index is 12.2. The molecule has 0 aliphatic carbocycles. The van der Waals surface area contributed by atoms with Gasteiger partial charge < -0.3 is 34.5 Å². The van der Waals surface area contributed by atoms with Gasteiger partial charge in [-0.25, -0.2) is 0 Å². The predicted octanol–water partition coefficient (Wildman–Crippen LogP) is 2.13. The standard InChI is InChI=1S/C28H43NO9/c1-17(7-12-25-28(34)21(16-30)14-23(38-25)15-27(33)35-5)6-9-22-10-11-24(19(3)37-22)29-26(32)13-8-18(2)36-20(4)31/h6-8,12-13,18-19,21-25,28,30,34H,9-11,14-16H2,1-5H3,(H,29,32)/b12-7+,13-8-,17-6+/t18-,19+,21-,22-,23-,24+,25+,28-/m0/s1. The molecule has 0 bridgehead atoms. The Hall–Kier alpha value is -2.53. The van der Waals surface area contributed by atoms with Crippen LogP contribution in [0.4, 0.5) is 0 Å². The van der Waals surface area contributed by atoms with Crippen LogP contribution in [0.5, 0.6) is 0 Å². The van der Waals surface area contributed by atoms with Gasteiger partial charge in [0.25, 0.3) is 0 Å². The number of aliphatic hydroxyl groups excluding tert-OH is 2. The molecule has 0 unspecified atom stereocenters. The fourth-order valence-electron chi connectivity index (χ4n) is 4.66. The Morgan fingerprint density at radius 2 is 1.87 bits per heavy atom. The van der Waals surface area contributed by atoms with Crippen LogP contribution in [-0.2, 0) is 33.3 Å². The Balaban J connectivity index is 1.84. The molecular weight excluding hydrogens is 494 g/mol. The Morgan fingerprint density at radius 1 is 1.13 bits per heavy atom. The molecule has 8 atom stereocenters. The van der Waals surface area contributed by atoms with Gasteiger partial charge in [-0.05, 0) is 52.5 Å². The number of hydrogen-bond acceptors (Lipinski definition) is 9. The fourth-order valence-corrected chi connectivity index (χ4v) is 4.66. The first-order chi connectivity index (χ1) is 18.0. The van der Waals surface area contributed by atoms with Crippen LogP contribution in [0.2, 0.25) is 0 Å². The topological polar surface area (TPSA) is 141 Å². The number of methoxy groups -OCH3 is 1. The highest BCUT2D eigenvalue weighted by Gasteiger charge is 2.37. The molecule has 3 N–H and O–H groups in total. The number of amides is 1. The molecule has 0 aromatic rings. The van der Waals surface area contributed by atoms with Gasteiger partial charge in [0.15, 0.2) is 0 Å². The third-order valence-corrected chi connectivity index (χ3v) is 6.81. The Kier molecular flexibility index (Phi) is 13.2. The van der Waals surface area contributed by atoms with Crippen LogP contribution >= 0.6 is 0 Å². The van der Waals surface area contributed by atoms with Crippen LogP contribution in [0, 0.1) is 5.92 Å². The van der Waals surface area contributed by atoms with E-state index in [-0.39, 0.29) is 43.1 Å². The number of ether oxygens (including phenoxy) is 4. The predicted molar refractivity (Wildman–Crippen MR) is 140 cm³/mol. The first-order valence-electron chi connectivity index (χ1n) is 13.2. The Morgan fingerprint density at radius 3 is 2.50 bits per heavy atom. The minimum Gasteiger partial charge on any atom is -0.469 e. The number of carbonyl (C=O) groups is 3. The molecule has 0 radical (unpaired) electrons. The molecular formula is C28H43NO9. The van der Waals surface area contributed by atoms with E-state index in [1.54, 1.807) is 13.0 Å². The normalized spacial score (nSPS) is 31.2. The molecule has 0 aromatic heterocycles. The minimum atomic E-state index is -0.868. The summed E-state index contributed by atoms with van der Waals surface area (Å²) in [5.74, 6) is -1.43. The quantitative estimate of drug-likeness (QED) is 0.205. The van der Waals surface area contributed by atoms with Gasteiger partial charge in [0.1, 0.15) is 12.2 Å². The summed E-state index contributed by atoms with van der Waals surface area (Å²) in [6.07, 6.45) is 8.74. The summed E-state index contributed by atoms with van der Waals surface area (Å²) in [6.45, 7) is 6.69. The van der Waals surface area contributed by atoms with Gasteiger partial charge in [-0.2, -0.15) is 0 Å². The van der Waals surface area contributed by atoms with Crippen molar-refractivity contribution in [1.82, 2.24) is 5.32 Å². The molecule has 2 aliphatic rings. The first-order valence-corrected chi connectivity index (χ1v) is 13.2. The second-order valence-corrected chi connectivity index (χ2v) is 10.0. The third kappa shape index (κ3) is 10.7. The zero-order chi connectivity index (χ0) is 28.2. The van der Waals surface area contributed by atoms with E-state index in [0.717, 1.165) is 18.4 Å². The van der Waals surface area contributed by atoms with Crippen molar-refractivity contribution in [2.45, 2.75) is 102 Å². The van der Waals surface area contributed by atoms with E-state index in [1.807, 2.05) is 19.9 Å². The van der Waals surface area contributed by atoms with Crippen LogP contribution in [0.15, 0.2) is 36.0 Å². The van der Waals surface area contributed by atoms with E-state index < -0.39 is 36.4 Å². The molecule has 2 rings (SSSR count). The van der Waals surface area contributed by atoms with Gasteiger partial charge in [0, 0.05) is 25.5 Å². The summed E-state index contributed by atoms with van der Waals surface area (Å²) >= 11 is 0. The SMILES string of the molecule is COC(=O)C[C@@H]1C[C@@H](CO)[C@H](O)[C@@H](/C=C/C(C)=C/C[C@H]2CC[C@@H](NC(=O)/C=C\[C@H](C)OC(C)=O)[C@@H](C)O2)O1. The van der Waals surface area contributed by atoms with Crippen LogP contribution in [0.1, 0.15) is 59.8 Å². The van der Waals surface area contributed by atoms with Crippen molar-refractivity contribution in [1.29, 1.82) is 0 Å². The zero-order valence-corrected chi connectivity index (χ0v) is 23.0. The van der Waals surface area contributed by atoms with Crippen molar-refractivity contribution in [3.05, 3.63) is 36.0 Å². The molecule has 10 nitrogen and oxygen atoms in total. The van der Waals surface area contributed by atoms with Crippen LogP contribution in [0.25, 0.3) is 0 Å². The van der Waals surface area contributed by atoms with Crippen molar-refractivity contribution in [3.8, 4) is 0 Å². The van der Waals surface area contributed by atoms with Crippen LogP contribution in [0.3, 0.4) is 0 Å². The molecule has 10 heteroatoms. The number of hydrogen-bond donors (Lipinski definition) is 3. The van der Waals surface area contributed by atoms with Gasteiger partial charge in [-0.1, -0.05) is 23.8 Å². The monoisotopic (exact) mass is 537 g/mol. The summed E-state index contributed by atoms with van der Waals surface area (Å²) < 4.78 is 21.7. The number of rotatable bonds is 11. The zero-order valence-electron chi connectivity index (χ0n) is 23.0. The van der Waals surface area contributed by atoms with Crippen LogP contribution < -0.4 is 5.32 Å². The Bertz CT molecular complexity index is 884. The van der Waals surface area contributed by atoms with E-state index in [9.17, 15) is 24.6 Å². The third-order valence-electron chi connectivity index (χ3n) is 6.81. The summed E-state index contributed by atoms with van der Waals surface area (Å²) in [5, 5.41) is 23.1. The molecule has 214 valence electrons. The smallest absolute Gasteiger partial charge is 0.308 e. The first kappa shape index (κ1) is 31.7. The van der Waals surface area contributed by atoms with E-state index in [1.165, 1.54) is 26.2 Å². The van der Waals surface area contributed by atoms with Crippen LogP contribution in [-0.4, -0.2) is 84.4 Å². The van der Waals surface area contributed by atoms with Crippen molar-refractivity contribution >= 4 is 17.8 Å². The summed E-state index contributed by atoms with van der Waals surface area (Å²) in [6, 6.07) is -0.111. The average molecular weight is 538 g/mol. The largest absolute Gasteiger partial charge is 0.469 e. The van der Waals surface area contributed by atoms with Gasteiger partial charge in [-0.3, -0.25) is 14.4 Å². The molecule has 2 heterocycles. The van der Waals surface area contributed by atoms with Crippen molar-refractivity contribution in [3.63, 3.8) is 0 Å². The molecule has 1 amide bonds. The molecule has 2 aliphatic heterocycles. The molecule has 0 spiro atoms. The lowest BCUT2D eigenvalue weighted by Crippen LogP contribution is -2.47. The molecule has 0 saturated carbocycles. The van der Waals surface area contributed by atoms with Gasteiger partial charge >= 0.3 is 11.9 Å². The summed E-state index contributed by atoms with van der Waals surface area (Å²) in [5.41, 5.74) is 0.968. The fraction of sp³-hybridized carbons (Fsp3) is 0.679. The Labute approximate surface area is 225 Å². The van der Waals surface area contributed by atoms with E-state index in [4.69, 9.17) is 18.9 Å². The van der Waals surface area contributed by atoms with E-state index in [2.05, 4.69) is 11.4 Å². The maximum absolute atomic E-state index is 12.2. The van der Waals surface area contributed by atoms with Crippen molar-refractivity contribution in [2.24, 2.45) is 5.92 Å². The van der Waals surface area contributed by atoms with Gasteiger partial charge in [0.05, 0.1) is 44.0 Å². The van der Waals surface area contributed by atoms with E-state index >= 15 is 0 Å². The summed E-state index contributed by atoms with van der Waals surface area (Å²) in [4.78, 5) is 34.8. The molecule has 2 fully saturated rings. The minimum absolute atomic E-state index is 0.0146. The van der Waals surface area contributed by atoms with Crippen molar-refractivity contribution in [2.75, 3.05) is 13.7 Å². The molecule has 0 aromatic carbocycles. The second-order valence-electron chi connectivity index (χ2n) is 10.0. The lowest BCUT2D eigenvalue weighted by Gasteiger charge is -2.37. The second kappa shape index (κ2) is 15.8. The van der Waals surface area contributed by atoms with E-state index in [0.29, 0.717) is 12.8 Å². The lowest BCUT2D eigenvalue weighted by molar-refractivity contribution is -0.158. The van der Waals surface area contributed by atoms with Crippen molar-refractivity contribution < 1.29 is 43.5 Å². The molecule has 2 saturated heterocycles. The maximum Gasteiger partial charge on any atom is 0.308 e. The number of aliphatic hydroxyl groups is 2. The highest BCUT2D eigenvalue weighted by Crippen LogP contribution is 2.28. The average Bonchev–Trinajstić information content (AvgIpc) is 2.87. The number of esters is 2. The van der Waals surface area contributed by atoms with Gasteiger partial charge in [-0.15, -0.1) is 0 Å². The highest BCUT2D eigenvalue weighted by molar-refractivity contribution is 5.87. The lowest BCUT2D eigenvalue weighted by atomic mass is 9.88. The summed E-state index contributed by atoms with van der Waals surface area (Å²) in [7, 11) is 1.32. The highest BCUT2D eigenvalue weighted by atomic mass is 16.5.